The van der Waals surface area contributed by atoms with Crippen molar-refractivity contribution in [2.24, 2.45) is 5.92 Å². The molecule has 120 valence electrons. The van der Waals surface area contributed by atoms with Gasteiger partial charge in [-0.15, -0.1) is 0 Å². The van der Waals surface area contributed by atoms with Crippen LogP contribution in [0.25, 0.3) is 22.0 Å². The molecule has 1 aliphatic rings. The molecule has 24 heavy (non-hydrogen) atoms. The van der Waals surface area contributed by atoms with Crippen molar-refractivity contribution in [1.82, 2.24) is 9.97 Å². The fourth-order valence-corrected chi connectivity index (χ4v) is 2.69. The molecule has 0 spiro atoms. The number of carbonyl (C=O) groups is 1. The number of anilines is 1. The third-order valence-electron chi connectivity index (χ3n) is 4.32. The van der Waals surface area contributed by atoms with Crippen LogP contribution in [-0.4, -0.2) is 21.0 Å². The molecule has 1 fully saturated rings. The summed E-state index contributed by atoms with van der Waals surface area (Å²) in [7, 11) is 0. The van der Waals surface area contributed by atoms with Crippen LogP contribution in [0, 0.1) is 12.8 Å². The molecule has 1 saturated carbocycles. The Bertz CT molecular complexity index is 948. The van der Waals surface area contributed by atoms with Crippen molar-refractivity contribution in [1.29, 1.82) is 0 Å². The second-order valence-corrected chi connectivity index (χ2v) is 6.22. The van der Waals surface area contributed by atoms with E-state index >= 15 is 0 Å². The zero-order valence-electron chi connectivity index (χ0n) is 13.3. The first-order valence-corrected chi connectivity index (χ1v) is 7.97. The maximum absolute atomic E-state index is 11.8. The lowest BCUT2D eigenvalue weighted by molar-refractivity contribution is -0.117. The van der Waals surface area contributed by atoms with Gasteiger partial charge in [-0.1, -0.05) is 12.1 Å². The van der Waals surface area contributed by atoms with Crippen LogP contribution in [0.15, 0.2) is 42.7 Å². The molecule has 0 bridgehead atoms. The minimum absolute atomic E-state index is 0.0485. The number of hydrogen-bond donors (Lipinski definition) is 2. The summed E-state index contributed by atoms with van der Waals surface area (Å²) in [5.41, 5.74) is 2.18. The zero-order chi connectivity index (χ0) is 16.7. The van der Waals surface area contributed by atoms with E-state index in [2.05, 4.69) is 15.3 Å². The maximum Gasteiger partial charge on any atom is 0.228 e. The Morgan fingerprint density at radius 2 is 2.00 bits per heavy atom. The van der Waals surface area contributed by atoms with E-state index in [-0.39, 0.29) is 17.6 Å². The van der Waals surface area contributed by atoms with Gasteiger partial charge >= 0.3 is 0 Å². The number of nitrogens with zero attached hydrogens (tertiary/aromatic N) is 2. The molecule has 1 amide bonds. The van der Waals surface area contributed by atoms with Gasteiger partial charge in [0, 0.05) is 29.3 Å². The maximum atomic E-state index is 11.8. The van der Waals surface area contributed by atoms with Gasteiger partial charge in [0.1, 0.15) is 17.3 Å². The van der Waals surface area contributed by atoms with Gasteiger partial charge in [0.25, 0.3) is 0 Å². The second-order valence-electron chi connectivity index (χ2n) is 6.22. The monoisotopic (exact) mass is 319 g/mol. The fourth-order valence-electron chi connectivity index (χ4n) is 2.69. The van der Waals surface area contributed by atoms with Gasteiger partial charge < -0.3 is 10.4 Å². The lowest BCUT2D eigenvalue weighted by Crippen LogP contribution is -2.14. The van der Waals surface area contributed by atoms with Crippen LogP contribution in [0.4, 0.5) is 5.82 Å². The largest absolute Gasteiger partial charge is 0.505 e. The summed E-state index contributed by atoms with van der Waals surface area (Å²) >= 11 is 0. The fraction of sp³-hybridized carbons (Fsp3) is 0.211. The van der Waals surface area contributed by atoms with Gasteiger partial charge in [0.05, 0.1) is 0 Å². The first kappa shape index (κ1) is 14.6. The number of aromatic nitrogens is 2. The van der Waals surface area contributed by atoms with Crippen molar-refractivity contribution >= 4 is 22.5 Å². The molecule has 0 atom stereocenters. The van der Waals surface area contributed by atoms with Crippen LogP contribution in [0.5, 0.6) is 5.75 Å². The number of fused-ring (bicyclic) bond motifs is 1. The van der Waals surface area contributed by atoms with E-state index in [9.17, 15) is 9.90 Å². The first-order valence-electron chi connectivity index (χ1n) is 7.97. The molecule has 5 heteroatoms. The minimum Gasteiger partial charge on any atom is -0.505 e. The molecule has 0 unspecified atom stereocenters. The summed E-state index contributed by atoms with van der Waals surface area (Å²) < 4.78 is 0. The van der Waals surface area contributed by atoms with Crippen molar-refractivity contribution < 1.29 is 9.90 Å². The first-order chi connectivity index (χ1) is 11.6. The van der Waals surface area contributed by atoms with Crippen LogP contribution in [-0.2, 0) is 4.79 Å². The number of rotatable bonds is 3. The summed E-state index contributed by atoms with van der Waals surface area (Å²) in [4.78, 5) is 20.4. The Kier molecular flexibility index (Phi) is 3.41. The predicted octanol–water partition coefficient (Wildman–Crippen LogP) is 3.66. The van der Waals surface area contributed by atoms with Gasteiger partial charge in [-0.05, 0) is 48.9 Å². The predicted molar refractivity (Wildman–Crippen MR) is 92.7 cm³/mol. The van der Waals surface area contributed by atoms with E-state index in [0.717, 1.165) is 34.7 Å². The highest BCUT2D eigenvalue weighted by molar-refractivity contribution is 5.96. The van der Waals surface area contributed by atoms with Gasteiger partial charge in [-0.25, -0.2) is 4.98 Å². The normalized spacial score (nSPS) is 13.9. The van der Waals surface area contributed by atoms with Crippen LogP contribution in [0.1, 0.15) is 18.4 Å². The van der Waals surface area contributed by atoms with Gasteiger partial charge in [-0.3, -0.25) is 9.78 Å². The number of nitrogens with one attached hydrogen (secondary N) is 1. The van der Waals surface area contributed by atoms with E-state index in [4.69, 9.17) is 0 Å². The summed E-state index contributed by atoms with van der Waals surface area (Å²) in [6.07, 6.45) is 5.35. The number of amides is 1. The SMILES string of the molecule is Cc1ccnc(-c2ccc3cc(NC(=O)C4CC4)ncc3c2)c1O. The Morgan fingerprint density at radius 1 is 1.17 bits per heavy atom. The van der Waals surface area contributed by atoms with E-state index in [1.165, 1.54) is 0 Å². The van der Waals surface area contributed by atoms with Crippen molar-refractivity contribution in [3.8, 4) is 17.0 Å². The summed E-state index contributed by atoms with van der Waals surface area (Å²) in [5.74, 6) is 0.967. The third-order valence-corrected chi connectivity index (χ3v) is 4.32. The molecule has 0 aliphatic heterocycles. The van der Waals surface area contributed by atoms with Crippen LogP contribution < -0.4 is 5.32 Å². The molecule has 1 aliphatic carbocycles. The highest BCUT2D eigenvalue weighted by atomic mass is 16.3. The van der Waals surface area contributed by atoms with Crippen molar-refractivity contribution in [2.75, 3.05) is 5.32 Å². The van der Waals surface area contributed by atoms with E-state index in [1.54, 1.807) is 18.5 Å². The molecule has 2 N–H and O–H groups in total. The highest BCUT2D eigenvalue weighted by Crippen LogP contribution is 2.32. The molecule has 3 aromatic rings. The topological polar surface area (TPSA) is 75.1 Å². The average Bonchev–Trinajstić information content (AvgIpc) is 3.42. The summed E-state index contributed by atoms with van der Waals surface area (Å²) in [6, 6.07) is 9.44. The number of hydrogen-bond acceptors (Lipinski definition) is 4. The molecule has 1 aromatic carbocycles. The van der Waals surface area contributed by atoms with Crippen molar-refractivity contribution in [2.45, 2.75) is 19.8 Å². The molecule has 0 saturated heterocycles. The molecule has 5 nitrogen and oxygen atoms in total. The average molecular weight is 319 g/mol. The quantitative estimate of drug-likeness (QED) is 0.772. The molecule has 2 aromatic heterocycles. The standard InChI is InChI=1S/C19H17N3O2/c1-11-6-7-20-17(18(11)23)14-5-4-13-9-16(21-10-15(13)8-14)22-19(24)12-2-3-12/h4-10,12,23H,2-3H2,1H3,(H,21,22,24). The van der Waals surface area contributed by atoms with Crippen LogP contribution in [0.3, 0.4) is 0 Å². The third kappa shape index (κ3) is 2.69. The minimum atomic E-state index is 0.0485. The number of aryl methyl sites for hydroxylation is 1. The zero-order valence-corrected chi connectivity index (χ0v) is 13.3. The van der Waals surface area contributed by atoms with Crippen molar-refractivity contribution in [3.63, 3.8) is 0 Å². The number of carbonyl (C=O) groups excluding carboxylic acids is 1. The Hall–Kier alpha value is -2.95. The van der Waals surface area contributed by atoms with E-state index in [1.807, 2.05) is 31.2 Å². The Balaban J connectivity index is 1.68. The summed E-state index contributed by atoms with van der Waals surface area (Å²) in [5, 5.41) is 15.0. The summed E-state index contributed by atoms with van der Waals surface area (Å²) in [6.45, 7) is 1.85. The van der Waals surface area contributed by atoms with Gasteiger partial charge in [-0.2, -0.15) is 0 Å². The lowest BCUT2D eigenvalue weighted by atomic mass is 10.0. The van der Waals surface area contributed by atoms with Crippen LogP contribution >= 0.6 is 0 Å². The molecular weight excluding hydrogens is 302 g/mol. The molecule has 2 heterocycles. The second kappa shape index (κ2) is 5.60. The smallest absolute Gasteiger partial charge is 0.228 e. The molecule has 0 radical (unpaired) electrons. The Morgan fingerprint density at radius 3 is 2.79 bits per heavy atom. The number of benzene rings is 1. The van der Waals surface area contributed by atoms with Gasteiger partial charge in [0.15, 0.2) is 0 Å². The molecule has 4 rings (SSSR count). The van der Waals surface area contributed by atoms with E-state index < -0.39 is 0 Å². The van der Waals surface area contributed by atoms with E-state index in [0.29, 0.717) is 11.5 Å². The van der Waals surface area contributed by atoms with Crippen LogP contribution in [0.2, 0.25) is 0 Å². The number of aromatic hydroxyl groups is 1. The van der Waals surface area contributed by atoms with Gasteiger partial charge in [0.2, 0.25) is 5.91 Å². The number of pyridine rings is 2. The van der Waals surface area contributed by atoms with Crippen molar-refractivity contribution in [3.05, 3.63) is 48.3 Å². The highest BCUT2D eigenvalue weighted by Gasteiger charge is 2.29. The molecular formula is C19H17N3O2. The Labute approximate surface area is 139 Å². The lowest BCUT2D eigenvalue weighted by Gasteiger charge is -2.08.